The summed E-state index contributed by atoms with van der Waals surface area (Å²) in [4.78, 5) is 4.71. The van der Waals surface area contributed by atoms with Crippen molar-refractivity contribution in [3.8, 4) is 0 Å². The summed E-state index contributed by atoms with van der Waals surface area (Å²) in [6.07, 6.45) is 4.34. The molecule has 2 rings (SSSR count). The van der Waals surface area contributed by atoms with E-state index in [0.29, 0.717) is 12.1 Å². The zero-order valence-electron chi connectivity index (χ0n) is 16.7. The summed E-state index contributed by atoms with van der Waals surface area (Å²) >= 11 is 0. The fraction of sp³-hybridized carbons (Fsp3) is 0.947. The molecule has 0 aromatic carbocycles. The fourth-order valence-electron chi connectivity index (χ4n) is 3.56. The van der Waals surface area contributed by atoms with Crippen LogP contribution in [0.4, 0.5) is 0 Å². The summed E-state index contributed by atoms with van der Waals surface area (Å²) in [5.41, 5.74) is 0.00362. The molecule has 6 nitrogen and oxygen atoms in total. The summed E-state index contributed by atoms with van der Waals surface area (Å²) in [5.74, 6) is 0.893. The lowest BCUT2D eigenvalue weighted by atomic mass is 9.56. The van der Waals surface area contributed by atoms with Gasteiger partial charge in [0.2, 0.25) is 0 Å². The molecule has 2 atom stereocenters. The van der Waals surface area contributed by atoms with Crippen molar-refractivity contribution in [2.45, 2.75) is 71.1 Å². The van der Waals surface area contributed by atoms with Gasteiger partial charge in [0.25, 0.3) is 0 Å². The maximum atomic E-state index is 5.91. The number of rotatable bonds is 8. The Labute approximate surface area is 153 Å². The molecule has 2 aliphatic rings. The van der Waals surface area contributed by atoms with Crippen molar-refractivity contribution in [3.63, 3.8) is 0 Å². The molecule has 2 fully saturated rings. The Bertz CT molecular complexity index is 436. The predicted molar refractivity (Wildman–Crippen MR) is 101 cm³/mol. The number of aliphatic imine (C=N–C) groups is 1. The Hall–Kier alpha value is -0.850. The van der Waals surface area contributed by atoms with Gasteiger partial charge >= 0.3 is 0 Å². The van der Waals surface area contributed by atoms with E-state index >= 15 is 0 Å². The third-order valence-corrected chi connectivity index (χ3v) is 6.03. The first kappa shape index (κ1) is 20.5. The van der Waals surface area contributed by atoms with Gasteiger partial charge < -0.3 is 24.8 Å². The van der Waals surface area contributed by atoms with Gasteiger partial charge in [-0.1, -0.05) is 13.8 Å². The summed E-state index contributed by atoms with van der Waals surface area (Å²) < 4.78 is 17.0. The molecule has 1 heterocycles. The molecular weight excluding hydrogens is 318 g/mol. The van der Waals surface area contributed by atoms with E-state index in [1.165, 1.54) is 0 Å². The van der Waals surface area contributed by atoms with Crippen LogP contribution in [0.2, 0.25) is 0 Å². The predicted octanol–water partition coefficient (Wildman–Crippen LogP) is 2.33. The quantitative estimate of drug-likeness (QED) is 0.397. The highest BCUT2D eigenvalue weighted by Gasteiger charge is 2.58. The van der Waals surface area contributed by atoms with Gasteiger partial charge in [-0.2, -0.15) is 0 Å². The number of hydrogen-bond acceptors (Lipinski definition) is 4. The second kappa shape index (κ2) is 9.19. The number of hydrogen-bond donors (Lipinski definition) is 2. The largest absolute Gasteiger partial charge is 0.381 e. The van der Waals surface area contributed by atoms with Gasteiger partial charge in [-0.25, -0.2) is 0 Å². The number of nitrogens with one attached hydrogen (secondary N) is 2. The number of methoxy groups -OCH3 is 1. The molecule has 2 N–H and O–H groups in total. The summed E-state index contributed by atoms with van der Waals surface area (Å²) in [5, 5.41) is 6.92. The molecule has 1 aliphatic heterocycles. The van der Waals surface area contributed by atoms with Crippen molar-refractivity contribution in [1.82, 2.24) is 10.6 Å². The first-order valence-corrected chi connectivity index (χ1v) is 9.72. The van der Waals surface area contributed by atoms with Crippen molar-refractivity contribution in [3.05, 3.63) is 0 Å². The van der Waals surface area contributed by atoms with E-state index in [4.69, 9.17) is 19.2 Å². The van der Waals surface area contributed by atoms with Crippen LogP contribution in [0, 0.1) is 5.41 Å². The van der Waals surface area contributed by atoms with Crippen molar-refractivity contribution in [1.29, 1.82) is 0 Å². The van der Waals surface area contributed by atoms with Crippen molar-refractivity contribution in [2.75, 3.05) is 40.0 Å². The van der Waals surface area contributed by atoms with E-state index in [2.05, 4.69) is 38.3 Å². The van der Waals surface area contributed by atoms with Crippen LogP contribution in [0.5, 0.6) is 0 Å². The second-order valence-corrected chi connectivity index (χ2v) is 7.85. The Morgan fingerprint density at radius 2 is 1.96 bits per heavy atom. The lowest BCUT2D eigenvalue weighted by Crippen LogP contribution is -2.69. The molecule has 0 radical (unpaired) electrons. The van der Waals surface area contributed by atoms with Crippen LogP contribution in [0.15, 0.2) is 4.99 Å². The lowest BCUT2D eigenvalue weighted by Gasteiger charge is -2.59. The van der Waals surface area contributed by atoms with E-state index in [0.717, 1.165) is 64.6 Å². The van der Waals surface area contributed by atoms with Crippen LogP contribution >= 0.6 is 0 Å². The van der Waals surface area contributed by atoms with Gasteiger partial charge in [0.05, 0.1) is 11.7 Å². The third kappa shape index (κ3) is 5.08. The van der Waals surface area contributed by atoms with Crippen LogP contribution in [0.1, 0.15) is 53.4 Å². The first-order valence-electron chi connectivity index (χ1n) is 9.72. The minimum absolute atomic E-state index is 0.0699. The van der Waals surface area contributed by atoms with E-state index in [-0.39, 0.29) is 11.0 Å². The molecule has 0 bridgehead atoms. The summed E-state index contributed by atoms with van der Waals surface area (Å²) in [6, 6.07) is 0.369. The highest BCUT2D eigenvalue weighted by Crippen LogP contribution is 2.51. The van der Waals surface area contributed by atoms with E-state index in [1.807, 2.05) is 0 Å². The smallest absolute Gasteiger partial charge is 0.191 e. The van der Waals surface area contributed by atoms with Crippen LogP contribution in [-0.2, 0) is 14.2 Å². The van der Waals surface area contributed by atoms with Gasteiger partial charge in [0.1, 0.15) is 0 Å². The van der Waals surface area contributed by atoms with Crippen molar-refractivity contribution in [2.24, 2.45) is 10.4 Å². The van der Waals surface area contributed by atoms with Gasteiger partial charge in [-0.15, -0.1) is 0 Å². The molecular formula is C19H37N3O3. The molecule has 0 aromatic heterocycles. The molecule has 1 aliphatic carbocycles. The minimum Gasteiger partial charge on any atom is -0.381 e. The molecule has 0 aromatic rings. The molecule has 2 unspecified atom stereocenters. The topological polar surface area (TPSA) is 64.1 Å². The van der Waals surface area contributed by atoms with Crippen LogP contribution in [0.25, 0.3) is 0 Å². The average Bonchev–Trinajstić information content (AvgIpc) is 2.61. The highest BCUT2D eigenvalue weighted by atomic mass is 16.5. The summed E-state index contributed by atoms with van der Waals surface area (Å²) in [7, 11) is 1.80. The number of ether oxygens (including phenoxy) is 3. The lowest BCUT2D eigenvalue weighted by molar-refractivity contribution is -0.176. The molecule has 0 amide bonds. The normalized spacial score (nSPS) is 30.0. The third-order valence-electron chi connectivity index (χ3n) is 6.03. The molecule has 6 heteroatoms. The SMILES string of the molecule is CCNC(=NCCCOC1CCOCC1)NC1CC(C)(OC)C1(C)C. The van der Waals surface area contributed by atoms with Crippen LogP contribution in [-0.4, -0.2) is 63.7 Å². The number of nitrogens with zero attached hydrogens (tertiary/aromatic N) is 1. The molecule has 0 spiro atoms. The van der Waals surface area contributed by atoms with Gasteiger partial charge in [-0.05, 0) is 39.5 Å². The Morgan fingerprint density at radius 3 is 2.56 bits per heavy atom. The van der Waals surface area contributed by atoms with Gasteiger partial charge in [0.15, 0.2) is 5.96 Å². The summed E-state index contributed by atoms with van der Waals surface area (Å²) in [6.45, 7) is 12.8. The molecule has 1 saturated carbocycles. The molecule has 25 heavy (non-hydrogen) atoms. The molecule has 1 saturated heterocycles. The maximum absolute atomic E-state index is 5.91. The Morgan fingerprint density at radius 1 is 1.24 bits per heavy atom. The van der Waals surface area contributed by atoms with E-state index < -0.39 is 0 Å². The monoisotopic (exact) mass is 355 g/mol. The minimum atomic E-state index is -0.0699. The number of guanidine groups is 1. The van der Waals surface area contributed by atoms with Crippen molar-refractivity contribution < 1.29 is 14.2 Å². The Kier molecular flexibility index (Phi) is 7.52. The fourth-order valence-corrected chi connectivity index (χ4v) is 3.56. The van der Waals surface area contributed by atoms with Gasteiger partial charge in [-0.3, -0.25) is 4.99 Å². The van der Waals surface area contributed by atoms with Crippen LogP contribution < -0.4 is 10.6 Å². The standard InChI is InChI=1S/C19H37N3O3/c1-6-20-17(22-16-14-19(4,23-5)18(16,2)3)21-10-7-11-25-15-8-12-24-13-9-15/h15-16H,6-14H2,1-5H3,(H2,20,21,22). The van der Waals surface area contributed by atoms with Gasteiger partial charge in [0, 0.05) is 51.5 Å². The second-order valence-electron chi connectivity index (χ2n) is 7.85. The van der Waals surface area contributed by atoms with Crippen molar-refractivity contribution >= 4 is 5.96 Å². The van der Waals surface area contributed by atoms with E-state index in [9.17, 15) is 0 Å². The molecule has 146 valence electrons. The zero-order valence-corrected chi connectivity index (χ0v) is 16.7. The van der Waals surface area contributed by atoms with Crippen LogP contribution in [0.3, 0.4) is 0 Å². The van der Waals surface area contributed by atoms with E-state index in [1.54, 1.807) is 7.11 Å². The zero-order chi connectivity index (χ0) is 18.3. The Balaban J connectivity index is 1.73. The first-order chi connectivity index (χ1) is 11.9. The average molecular weight is 356 g/mol. The highest BCUT2D eigenvalue weighted by molar-refractivity contribution is 5.80. The maximum Gasteiger partial charge on any atom is 0.191 e.